The highest BCUT2D eigenvalue weighted by Gasteiger charge is 2.24. The van der Waals surface area contributed by atoms with Gasteiger partial charge in [-0.05, 0) is 68.8 Å². The summed E-state index contributed by atoms with van der Waals surface area (Å²) in [6, 6.07) is 57.6. The molecular formula is C42H26S2. The molecule has 9 aromatic rings. The molecule has 0 saturated heterocycles. The molecule has 206 valence electrons. The monoisotopic (exact) mass is 594 g/mol. The third-order valence-corrected chi connectivity index (χ3v) is 11.2. The van der Waals surface area contributed by atoms with Crippen molar-refractivity contribution in [3.05, 3.63) is 158 Å². The molecule has 0 N–H and O–H groups in total. The van der Waals surface area contributed by atoms with Gasteiger partial charge in [-0.3, -0.25) is 0 Å². The Morgan fingerprint density at radius 2 is 0.636 bits per heavy atom. The van der Waals surface area contributed by atoms with Gasteiger partial charge < -0.3 is 0 Å². The summed E-state index contributed by atoms with van der Waals surface area (Å²) in [5, 5.41) is 5.36. The normalized spacial score (nSPS) is 11.6. The maximum absolute atomic E-state index is 2.41. The van der Waals surface area contributed by atoms with Crippen LogP contribution in [0.25, 0.3) is 84.9 Å². The molecule has 0 amide bonds. The Balaban J connectivity index is 1.49. The van der Waals surface area contributed by atoms with Crippen molar-refractivity contribution < 1.29 is 0 Å². The third-order valence-electron chi connectivity index (χ3n) is 8.67. The Morgan fingerprint density at radius 3 is 1.00 bits per heavy atom. The number of rotatable bonds is 4. The molecule has 0 spiro atoms. The van der Waals surface area contributed by atoms with Gasteiger partial charge in [0, 0.05) is 30.9 Å². The van der Waals surface area contributed by atoms with Gasteiger partial charge in [0.2, 0.25) is 0 Å². The van der Waals surface area contributed by atoms with Gasteiger partial charge in [0.05, 0.1) is 9.40 Å². The predicted octanol–water partition coefficient (Wildman–Crippen LogP) is 13.1. The van der Waals surface area contributed by atoms with Crippen molar-refractivity contribution in [2.24, 2.45) is 0 Å². The topological polar surface area (TPSA) is 0 Å². The van der Waals surface area contributed by atoms with E-state index in [4.69, 9.17) is 0 Å². The fourth-order valence-electron chi connectivity index (χ4n) is 6.67. The highest BCUT2D eigenvalue weighted by Crippen LogP contribution is 2.54. The molecule has 2 heteroatoms. The van der Waals surface area contributed by atoms with Crippen molar-refractivity contribution in [3.63, 3.8) is 0 Å². The summed E-state index contributed by atoms with van der Waals surface area (Å²) < 4.78 is 5.40. The molecule has 9 rings (SSSR count). The molecule has 44 heavy (non-hydrogen) atoms. The number of thiophene rings is 2. The first-order valence-electron chi connectivity index (χ1n) is 14.9. The van der Waals surface area contributed by atoms with Gasteiger partial charge in [-0.2, -0.15) is 0 Å². The second kappa shape index (κ2) is 10.3. The average molecular weight is 595 g/mol. The lowest BCUT2D eigenvalue weighted by molar-refractivity contribution is 1.64. The van der Waals surface area contributed by atoms with Gasteiger partial charge in [0.15, 0.2) is 0 Å². The predicted molar refractivity (Wildman–Crippen MR) is 194 cm³/mol. The Labute approximate surface area is 264 Å². The Hall–Kier alpha value is -5.02. The molecule has 0 atom stereocenters. The van der Waals surface area contributed by atoms with Gasteiger partial charge in [-0.1, -0.05) is 133 Å². The van der Waals surface area contributed by atoms with Crippen LogP contribution in [0.5, 0.6) is 0 Å². The zero-order valence-electron chi connectivity index (χ0n) is 23.8. The van der Waals surface area contributed by atoms with Crippen molar-refractivity contribution in [3.8, 4) is 44.5 Å². The van der Waals surface area contributed by atoms with Crippen LogP contribution in [0.3, 0.4) is 0 Å². The van der Waals surface area contributed by atoms with Crippen LogP contribution in [-0.2, 0) is 0 Å². The second-order valence-electron chi connectivity index (χ2n) is 11.2. The molecular weight excluding hydrogens is 569 g/mol. The molecule has 0 aliphatic heterocycles. The first-order chi connectivity index (χ1) is 21.8. The Bertz CT molecular complexity index is 2280. The standard InChI is InChI=1S/C42H26S2/c1-5-13-27(14-6-1)31-21-23-35-33(25-31)39-37(29-17-9-3-10-18-29)38(30-19-11-4-12-20-30)40-34-26-32(28-15-7-2-8-16-28)22-24-36(34)44-42(40)41(39)43-35/h1-26H. The summed E-state index contributed by atoms with van der Waals surface area (Å²) in [6.45, 7) is 0. The molecule has 0 unspecified atom stereocenters. The minimum absolute atomic E-state index is 1.25. The summed E-state index contributed by atoms with van der Waals surface area (Å²) in [5.41, 5.74) is 10.1. The van der Waals surface area contributed by atoms with Gasteiger partial charge in [-0.25, -0.2) is 0 Å². The summed E-state index contributed by atoms with van der Waals surface area (Å²) in [4.78, 5) is 0. The largest absolute Gasteiger partial charge is 0.134 e. The Kier molecular flexibility index (Phi) is 5.97. The van der Waals surface area contributed by atoms with Crippen LogP contribution >= 0.6 is 22.7 Å². The van der Waals surface area contributed by atoms with Crippen LogP contribution in [-0.4, -0.2) is 0 Å². The van der Waals surface area contributed by atoms with Crippen molar-refractivity contribution in [1.29, 1.82) is 0 Å². The molecule has 0 saturated carbocycles. The average Bonchev–Trinajstić information content (AvgIpc) is 3.67. The lowest BCUT2D eigenvalue weighted by atomic mass is 9.87. The highest BCUT2D eigenvalue weighted by atomic mass is 32.1. The highest BCUT2D eigenvalue weighted by molar-refractivity contribution is 7.33. The molecule has 0 aliphatic carbocycles. The number of benzene rings is 7. The minimum atomic E-state index is 1.25. The van der Waals surface area contributed by atoms with E-state index in [1.54, 1.807) is 0 Å². The minimum Gasteiger partial charge on any atom is -0.134 e. The maximum atomic E-state index is 2.41. The van der Waals surface area contributed by atoms with E-state index in [2.05, 4.69) is 158 Å². The van der Waals surface area contributed by atoms with E-state index >= 15 is 0 Å². The summed E-state index contributed by atoms with van der Waals surface area (Å²) in [7, 11) is 0. The van der Waals surface area contributed by atoms with E-state index in [1.165, 1.54) is 84.9 Å². The van der Waals surface area contributed by atoms with Crippen LogP contribution in [0.4, 0.5) is 0 Å². The van der Waals surface area contributed by atoms with Crippen molar-refractivity contribution >= 4 is 63.0 Å². The molecule has 2 heterocycles. The van der Waals surface area contributed by atoms with Gasteiger partial charge >= 0.3 is 0 Å². The molecule has 0 fully saturated rings. The number of fused-ring (bicyclic) bond motifs is 7. The van der Waals surface area contributed by atoms with Crippen molar-refractivity contribution in [1.82, 2.24) is 0 Å². The lowest BCUT2D eigenvalue weighted by Crippen LogP contribution is -1.89. The first-order valence-corrected chi connectivity index (χ1v) is 16.6. The van der Waals surface area contributed by atoms with Crippen LogP contribution in [0.15, 0.2) is 158 Å². The van der Waals surface area contributed by atoms with Crippen molar-refractivity contribution in [2.45, 2.75) is 0 Å². The Morgan fingerprint density at radius 1 is 0.295 bits per heavy atom. The van der Waals surface area contributed by atoms with E-state index in [0.717, 1.165) is 0 Å². The SMILES string of the molecule is c1ccc(-c2ccc3sc4c5sc6ccc(-c7ccccc7)cc6c5c(-c5ccccc5)c(-c5ccccc5)c4c3c2)cc1. The number of hydrogen-bond donors (Lipinski definition) is 0. The second-order valence-corrected chi connectivity index (χ2v) is 13.4. The third kappa shape index (κ3) is 4.03. The fourth-order valence-corrected chi connectivity index (χ4v) is 9.19. The van der Waals surface area contributed by atoms with Crippen LogP contribution in [0.2, 0.25) is 0 Å². The van der Waals surface area contributed by atoms with Gasteiger partial charge in [0.1, 0.15) is 0 Å². The van der Waals surface area contributed by atoms with E-state index in [-0.39, 0.29) is 0 Å². The molecule has 0 radical (unpaired) electrons. The van der Waals surface area contributed by atoms with Gasteiger partial charge in [0.25, 0.3) is 0 Å². The summed E-state index contributed by atoms with van der Waals surface area (Å²) >= 11 is 3.87. The molecule has 0 bridgehead atoms. The molecule has 0 nitrogen and oxygen atoms in total. The van der Waals surface area contributed by atoms with E-state index < -0.39 is 0 Å². The smallest absolute Gasteiger partial charge is 0.0540 e. The van der Waals surface area contributed by atoms with E-state index in [9.17, 15) is 0 Å². The molecule has 2 aromatic heterocycles. The zero-order valence-corrected chi connectivity index (χ0v) is 25.5. The number of hydrogen-bond acceptors (Lipinski definition) is 2. The van der Waals surface area contributed by atoms with Crippen molar-refractivity contribution in [2.75, 3.05) is 0 Å². The molecule has 0 aliphatic rings. The van der Waals surface area contributed by atoms with E-state index in [0.29, 0.717) is 0 Å². The first kappa shape index (κ1) is 25.5. The fraction of sp³-hybridized carbons (Fsp3) is 0. The van der Waals surface area contributed by atoms with E-state index in [1.807, 2.05) is 22.7 Å². The maximum Gasteiger partial charge on any atom is 0.0540 e. The summed E-state index contributed by atoms with van der Waals surface area (Å²) in [6.07, 6.45) is 0. The van der Waals surface area contributed by atoms with Gasteiger partial charge in [-0.15, -0.1) is 22.7 Å². The van der Waals surface area contributed by atoms with Crippen LogP contribution < -0.4 is 0 Å². The molecule has 7 aromatic carbocycles. The lowest BCUT2D eigenvalue weighted by Gasteiger charge is -2.16. The van der Waals surface area contributed by atoms with Crippen LogP contribution in [0, 0.1) is 0 Å². The summed E-state index contributed by atoms with van der Waals surface area (Å²) in [5.74, 6) is 0. The van der Waals surface area contributed by atoms with Crippen LogP contribution in [0.1, 0.15) is 0 Å². The quantitative estimate of drug-likeness (QED) is 0.190. The zero-order chi connectivity index (χ0) is 29.0.